The Morgan fingerprint density at radius 2 is 1.90 bits per heavy atom. The van der Waals surface area contributed by atoms with Crippen LogP contribution in [-0.4, -0.2) is 43.3 Å². The van der Waals surface area contributed by atoms with Crippen molar-refractivity contribution in [1.29, 1.82) is 0 Å². The van der Waals surface area contributed by atoms with Crippen LogP contribution in [0.5, 0.6) is 5.75 Å². The zero-order valence-electron chi connectivity index (χ0n) is 23.2. The van der Waals surface area contributed by atoms with E-state index in [2.05, 4.69) is 35.8 Å². The number of hydrogen-bond acceptors (Lipinski definition) is 5. The van der Waals surface area contributed by atoms with E-state index in [1.54, 1.807) is 24.9 Å². The van der Waals surface area contributed by atoms with Gasteiger partial charge in [0.1, 0.15) is 16.4 Å². The Morgan fingerprint density at radius 3 is 2.58 bits per heavy atom. The van der Waals surface area contributed by atoms with Gasteiger partial charge in [-0.3, -0.25) is 4.79 Å². The molecule has 8 heteroatoms. The van der Waals surface area contributed by atoms with Crippen molar-refractivity contribution in [3.05, 3.63) is 81.4 Å². The summed E-state index contributed by atoms with van der Waals surface area (Å²) in [6.07, 6.45) is 5.80. The summed E-state index contributed by atoms with van der Waals surface area (Å²) >= 11 is 9.68. The highest BCUT2D eigenvalue weighted by molar-refractivity contribution is 7.98. The van der Waals surface area contributed by atoms with Crippen LogP contribution in [0.25, 0.3) is 21.2 Å². The summed E-state index contributed by atoms with van der Waals surface area (Å²) in [5.74, 6) is 0.223. The molecule has 3 aromatic carbocycles. The van der Waals surface area contributed by atoms with Crippen LogP contribution in [0.4, 0.5) is 4.39 Å². The van der Waals surface area contributed by atoms with Crippen molar-refractivity contribution < 1.29 is 13.9 Å². The number of carbonyl (C=O) groups is 1. The summed E-state index contributed by atoms with van der Waals surface area (Å²) in [6.45, 7) is 2.27. The molecule has 1 amide bonds. The molecule has 1 heterocycles. The molecular weight excluding hydrogens is 563 g/mol. The zero-order chi connectivity index (χ0) is 28.4. The number of methoxy groups -OCH3 is 1. The van der Waals surface area contributed by atoms with Crippen molar-refractivity contribution in [3.8, 4) is 16.9 Å². The first-order valence-corrected chi connectivity index (χ1v) is 15.9. The summed E-state index contributed by atoms with van der Waals surface area (Å²) in [5, 5.41) is 4.35. The van der Waals surface area contributed by atoms with Crippen LogP contribution in [0.15, 0.2) is 59.5 Å². The van der Waals surface area contributed by atoms with E-state index in [1.165, 1.54) is 11.0 Å². The van der Waals surface area contributed by atoms with Crippen molar-refractivity contribution in [2.24, 2.45) is 0 Å². The van der Waals surface area contributed by atoms with Gasteiger partial charge in [0.2, 0.25) is 0 Å². The maximum Gasteiger partial charge on any atom is 0.266 e. The van der Waals surface area contributed by atoms with E-state index >= 15 is 0 Å². The number of thioether (sulfide) groups is 1. The van der Waals surface area contributed by atoms with Gasteiger partial charge in [0, 0.05) is 34.5 Å². The molecule has 1 N–H and O–H groups in total. The van der Waals surface area contributed by atoms with Gasteiger partial charge in [0.25, 0.3) is 5.91 Å². The molecule has 1 aliphatic rings. The minimum atomic E-state index is -0.352. The topological polar surface area (TPSA) is 41.6 Å². The first kappa shape index (κ1) is 28.9. The lowest BCUT2D eigenvalue weighted by molar-refractivity contribution is 0.0604. The SMILES string of the molecule is CNC1CCC(N(Cc2cc(-c3ccccc3SC)ccc2OC)C(=O)c2sc3c(F)ccc(C)c3c2Cl)CC1. The van der Waals surface area contributed by atoms with E-state index in [0.29, 0.717) is 32.6 Å². The first-order chi connectivity index (χ1) is 19.4. The summed E-state index contributed by atoms with van der Waals surface area (Å²) in [5.41, 5.74) is 4.01. The lowest BCUT2D eigenvalue weighted by Gasteiger charge is -2.37. The Kier molecular flexibility index (Phi) is 9.05. The average Bonchev–Trinajstić information content (AvgIpc) is 3.35. The molecule has 1 saturated carbocycles. The molecule has 0 bridgehead atoms. The Bertz CT molecular complexity index is 1530. The number of rotatable bonds is 8. The van der Waals surface area contributed by atoms with E-state index in [4.69, 9.17) is 16.3 Å². The molecule has 0 aliphatic heterocycles. The predicted octanol–water partition coefficient (Wildman–Crippen LogP) is 8.57. The lowest BCUT2D eigenvalue weighted by atomic mass is 9.89. The van der Waals surface area contributed by atoms with Crippen LogP contribution in [0.3, 0.4) is 0 Å². The number of nitrogens with one attached hydrogen (secondary N) is 1. The highest BCUT2D eigenvalue weighted by Gasteiger charge is 2.32. The van der Waals surface area contributed by atoms with Crippen molar-refractivity contribution in [2.45, 2.75) is 56.1 Å². The number of nitrogens with zero attached hydrogens (tertiary/aromatic N) is 1. The van der Waals surface area contributed by atoms with E-state index in [9.17, 15) is 9.18 Å². The first-order valence-electron chi connectivity index (χ1n) is 13.5. The van der Waals surface area contributed by atoms with Gasteiger partial charge in [-0.2, -0.15) is 0 Å². The number of hydrogen-bond donors (Lipinski definition) is 1. The fourth-order valence-electron chi connectivity index (χ4n) is 5.74. The summed E-state index contributed by atoms with van der Waals surface area (Å²) in [7, 11) is 3.65. The monoisotopic (exact) mass is 596 g/mol. The summed E-state index contributed by atoms with van der Waals surface area (Å²) in [4.78, 5) is 17.9. The number of amides is 1. The minimum Gasteiger partial charge on any atom is -0.496 e. The Morgan fingerprint density at radius 1 is 1.15 bits per heavy atom. The highest BCUT2D eigenvalue weighted by Crippen LogP contribution is 2.41. The Labute approximate surface area is 248 Å². The van der Waals surface area contributed by atoms with Gasteiger partial charge in [-0.25, -0.2) is 4.39 Å². The van der Waals surface area contributed by atoms with Gasteiger partial charge in [-0.05, 0) is 86.9 Å². The lowest BCUT2D eigenvalue weighted by Crippen LogP contribution is -2.44. The van der Waals surface area contributed by atoms with Crippen LogP contribution < -0.4 is 10.1 Å². The third-order valence-corrected chi connectivity index (χ3v) is 10.5. The summed E-state index contributed by atoms with van der Waals surface area (Å²) in [6, 6.07) is 18.1. The van der Waals surface area contributed by atoms with Gasteiger partial charge >= 0.3 is 0 Å². The third-order valence-electron chi connectivity index (χ3n) is 7.98. The molecule has 0 unspecified atom stereocenters. The number of aryl methyl sites for hydroxylation is 1. The fraction of sp³-hybridized carbons (Fsp3) is 0.344. The Balaban J connectivity index is 1.57. The van der Waals surface area contributed by atoms with Crippen molar-refractivity contribution in [3.63, 3.8) is 0 Å². The molecule has 40 heavy (non-hydrogen) atoms. The van der Waals surface area contributed by atoms with Crippen LogP contribution in [0, 0.1) is 12.7 Å². The van der Waals surface area contributed by atoms with Crippen LogP contribution >= 0.6 is 34.7 Å². The fourth-order valence-corrected chi connectivity index (χ4v) is 7.98. The van der Waals surface area contributed by atoms with E-state index < -0.39 is 0 Å². The minimum absolute atomic E-state index is 0.0381. The number of thiophene rings is 1. The largest absolute Gasteiger partial charge is 0.496 e. The molecule has 210 valence electrons. The van der Waals surface area contributed by atoms with Gasteiger partial charge in [0.05, 0.1) is 16.8 Å². The van der Waals surface area contributed by atoms with Crippen molar-refractivity contribution >= 4 is 50.7 Å². The second-order valence-corrected chi connectivity index (χ2v) is 12.5. The smallest absolute Gasteiger partial charge is 0.266 e. The molecule has 4 nitrogen and oxygen atoms in total. The van der Waals surface area contributed by atoms with Gasteiger partial charge in [-0.1, -0.05) is 41.9 Å². The van der Waals surface area contributed by atoms with E-state index in [1.807, 2.05) is 37.1 Å². The Hall–Kier alpha value is -2.58. The molecule has 4 aromatic rings. The van der Waals surface area contributed by atoms with Crippen LogP contribution in [0.2, 0.25) is 5.02 Å². The quantitative estimate of drug-likeness (QED) is 0.207. The van der Waals surface area contributed by atoms with E-state index in [-0.39, 0.29) is 17.8 Å². The molecule has 0 spiro atoms. The highest BCUT2D eigenvalue weighted by atomic mass is 35.5. The standard InChI is InChI=1S/C32H34ClFN2O2S2/c1-19-9-15-25(34)30-28(19)29(33)31(40-30)32(37)36(23-13-11-22(35-2)12-14-23)18-21-17-20(10-16-26(21)38-3)24-7-5-6-8-27(24)39-4/h5-10,15-17,22-23,35H,11-14,18H2,1-4H3. The molecule has 1 aromatic heterocycles. The van der Waals surface area contributed by atoms with Gasteiger partial charge in [0.15, 0.2) is 0 Å². The third kappa shape index (κ3) is 5.62. The van der Waals surface area contributed by atoms with Gasteiger partial charge in [-0.15, -0.1) is 23.1 Å². The number of fused-ring (bicyclic) bond motifs is 1. The molecule has 0 atom stereocenters. The molecular formula is C32H34ClFN2O2S2. The second kappa shape index (κ2) is 12.5. The second-order valence-electron chi connectivity index (χ2n) is 10.3. The number of ether oxygens (including phenoxy) is 1. The van der Waals surface area contributed by atoms with Crippen molar-refractivity contribution in [1.82, 2.24) is 10.2 Å². The van der Waals surface area contributed by atoms with E-state index in [0.717, 1.165) is 65.0 Å². The average molecular weight is 597 g/mol. The summed E-state index contributed by atoms with van der Waals surface area (Å²) < 4.78 is 21.0. The van der Waals surface area contributed by atoms with Crippen LogP contribution in [-0.2, 0) is 6.54 Å². The maximum absolute atomic E-state index is 14.8. The zero-order valence-corrected chi connectivity index (χ0v) is 25.6. The molecule has 1 fully saturated rings. The van der Waals surface area contributed by atoms with Crippen molar-refractivity contribution in [2.75, 3.05) is 20.4 Å². The molecule has 5 rings (SSSR count). The molecule has 0 saturated heterocycles. The number of halogens is 2. The molecule has 0 radical (unpaired) electrons. The number of carbonyl (C=O) groups excluding carboxylic acids is 1. The maximum atomic E-state index is 14.8. The normalized spacial score (nSPS) is 17.2. The van der Waals surface area contributed by atoms with Gasteiger partial charge < -0.3 is 15.0 Å². The number of benzene rings is 3. The van der Waals surface area contributed by atoms with Crippen LogP contribution in [0.1, 0.15) is 46.5 Å². The predicted molar refractivity (Wildman–Crippen MR) is 167 cm³/mol. The molecule has 1 aliphatic carbocycles.